The number of rotatable bonds is 4. The Morgan fingerprint density at radius 2 is 2.20 bits per heavy atom. The maximum atomic E-state index is 12.3. The quantitative estimate of drug-likeness (QED) is 0.735. The van der Waals surface area contributed by atoms with Crippen LogP contribution in [0.3, 0.4) is 0 Å². The number of halogens is 2. The summed E-state index contributed by atoms with van der Waals surface area (Å²) < 4.78 is 29.3. The molecule has 0 bridgehead atoms. The summed E-state index contributed by atoms with van der Waals surface area (Å²) in [4.78, 5) is -0.0369. The summed E-state index contributed by atoms with van der Waals surface area (Å²) in [5.74, 6) is -0.0247. The highest BCUT2D eigenvalue weighted by Crippen LogP contribution is 2.26. The van der Waals surface area contributed by atoms with Crippen molar-refractivity contribution in [1.82, 2.24) is 9.78 Å². The molecule has 2 aromatic rings. The summed E-state index contributed by atoms with van der Waals surface area (Å²) in [6, 6.07) is 4.88. The minimum absolute atomic E-state index is 0.0247. The van der Waals surface area contributed by atoms with E-state index >= 15 is 0 Å². The van der Waals surface area contributed by atoms with Gasteiger partial charge in [0, 0.05) is 21.3 Å². The molecule has 108 valence electrons. The molecule has 0 atom stereocenters. The molecule has 9 heteroatoms. The molecule has 1 aromatic heterocycles. The summed E-state index contributed by atoms with van der Waals surface area (Å²) in [5, 5.41) is 4.46. The normalized spacial score (nSPS) is 11.6. The van der Waals surface area contributed by atoms with Crippen LogP contribution in [-0.2, 0) is 16.6 Å². The van der Waals surface area contributed by atoms with Gasteiger partial charge in [-0.2, -0.15) is 5.10 Å². The molecule has 0 spiro atoms. The molecule has 0 amide bonds. The zero-order chi connectivity index (χ0) is 14.9. The number of nitrogens with zero attached hydrogens (tertiary/aromatic N) is 2. The van der Waals surface area contributed by atoms with Crippen LogP contribution in [0.2, 0.25) is 5.02 Å². The zero-order valence-electron chi connectivity index (χ0n) is 10.5. The van der Waals surface area contributed by atoms with E-state index < -0.39 is 10.0 Å². The number of anilines is 2. The minimum atomic E-state index is -3.77. The van der Waals surface area contributed by atoms with Crippen molar-refractivity contribution in [3.8, 4) is 0 Å². The Morgan fingerprint density at radius 1 is 1.50 bits per heavy atom. The molecule has 0 aliphatic heterocycles. The van der Waals surface area contributed by atoms with Gasteiger partial charge >= 0.3 is 0 Å². The van der Waals surface area contributed by atoms with E-state index in [1.165, 1.54) is 10.9 Å². The molecule has 1 aromatic carbocycles. The predicted molar refractivity (Wildman–Crippen MR) is 87.3 cm³/mol. The fraction of sp³-hybridized carbons (Fsp3) is 0.182. The van der Waals surface area contributed by atoms with Gasteiger partial charge in [0.2, 0.25) is 0 Å². The Bertz CT molecular complexity index is 745. The molecule has 0 aliphatic rings. The van der Waals surface area contributed by atoms with Gasteiger partial charge in [-0.15, -0.1) is 0 Å². The molecule has 3 N–H and O–H groups in total. The van der Waals surface area contributed by atoms with E-state index in [-0.39, 0.29) is 10.7 Å². The lowest BCUT2D eigenvalue weighted by atomic mass is 10.3. The number of nitrogens with two attached hydrogens (primary N) is 1. The van der Waals surface area contributed by atoms with Crippen molar-refractivity contribution in [2.75, 3.05) is 10.5 Å². The summed E-state index contributed by atoms with van der Waals surface area (Å²) >= 11 is 7.84. The average molecular weight is 427 g/mol. The highest BCUT2D eigenvalue weighted by Gasteiger charge is 2.22. The number of sulfonamides is 1. The minimum Gasteiger partial charge on any atom is -0.381 e. The fourth-order valence-corrected chi connectivity index (χ4v) is 3.90. The lowest BCUT2D eigenvalue weighted by Gasteiger charge is -2.09. The van der Waals surface area contributed by atoms with Crippen LogP contribution in [0.4, 0.5) is 11.5 Å². The second-order valence-corrected chi connectivity index (χ2v) is 7.21. The number of hydrogen-bond acceptors (Lipinski definition) is 4. The Labute approximate surface area is 135 Å². The van der Waals surface area contributed by atoms with E-state index in [4.69, 9.17) is 17.3 Å². The Hall–Kier alpha value is -1.000. The predicted octanol–water partition coefficient (Wildman–Crippen LogP) is 2.54. The molecular formula is C11H12ClIN4O2S. The van der Waals surface area contributed by atoms with Crippen LogP contribution in [0, 0.1) is 3.57 Å². The molecular weight excluding hydrogens is 415 g/mol. The molecule has 1 heterocycles. The van der Waals surface area contributed by atoms with Gasteiger partial charge in [0.1, 0.15) is 4.90 Å². The van der Waals surface area contributed by atoms with Gasteiger partial charge in [-0.3, -0.25) is 9.40 Å². The molecule has 0 fully saturated rings. The highest BCUT2D eigenvalue weighted by atomic mass is 127. The van der Waals surface area contributed by atoms with E-state index in [0.717, 1.165) is 0 Å². The van der Waals surface area contributed by atoms with E-state index in [2.05, 4.69) is 9.82 Å². The van der Waals surface area contributed by atoms with E-state index in [9.17, 15) is 8.42 Å². The molecule has 0 saturated heterocycles. The average Bonchev–Trinajstić information content (AvgIpc) is 2.75. The number of nitrogens with one attached hydrogen (secondary N) is 1. The third kappa shape index (κ3) is 3.18. The second-order valence-electron chi connectivity index (χ2n) is 3.96. The monoisotopic (exact) mass is 426 g/mol. The lowest BCUT2D eigenvalue weighted by molar-refractivity contribution is 0.600. The first-order valence-corrected chi connectivity index (χ1v) is 8.58. The van der Waals surface area contributed by atoms with Crippen LogP contribution < -0.4 is 10.5 Å². The zero-order valence-corrected chi connectivity index (χ0v) is 14.2. The van der Waals surface area contributed by atoms with Gasteiger partial charge in [0.25, 0.3) is 10.0 Å². The summed E-state index contributed by atoms with van der Waals surface area (Å²) in [6.07, 6.45) is 1.40. The Kier molecular flexibility index (Phi) is 4.45. The number of aromatic nitrogens is 2. The molecule has 6 nitrogen and oxygen atoms in total. The summed E-state index contributed by atoms with van der Waals surface area (Å²) in [5.41, 5.74) is 6.09. The fourth-order valence-electron chi connectivity index (χ4n) is 1.56. The third-order valence-electron chi connectivity index (χ3n) is 2.54. The number of hydrogen-bond donors (Lipinski definition) is 2. The molecule has 0 radical (unpaired) electrons. The van der Waals surface area contributed by atoms with Gasteiger partial charge < -0.3 is 5.73 Å². The largest absolute Gasteiger partial charge is 0.381 e. The standard InChI is InChI=1S/C11H12ClIN4O2S/c1-2-17-6-10(11(14)15-17)20(18,19)16-9-4-3-7(12)5-8(9)13/h3-6,16H,2H2,1H3,(H2,14,15). The van der Waals surface area contributed by atoms with Gasteiger partial charge in [-0.1, -0.05) is 11.6 Å². The van der Waals surface area contributed by atoms with Crippen molar-refractivity contribution in [3.63, 3.8) is 0 Å². The molecule has 2 rings (SSSR count). The van der Waals surface area contributed by atoms with Crippen molar-refractivity contribution >= 4 is 55.7 Å². The molecule has 0 unspecified atom stereocenters. The van der Waals surface area contributed by atoms with Crippen molar-refractivity contribution < 1.29 is 8.42 Å². The number of nitrogen functional groups attached to an aromatic ring is 1. The first-order valence-electron chi connectivity index (χ1n) is 5.64. The van der Waals surface area contributed by atoms with Gasteiger partial charge in [0.15, 0.2) is 5.82 Å². The van der Waals surface area contributed by atoms with Gasteiger partial charge in [0.05, 0.1) is 5.69 Å². The Balaban J connectivity index is 2.38. The van der Waals surface area contributed by atoms with Crippen LogP contribution in [0.25, 0.3) is 0 Å². The first-order chi connectivity index (χ1) is 9.33. The summed E-state index contributed by atoms with van der Waals surface area (Å²) in [7, 11) is -3.77. The topological polar surface area (TPSA) is 90.0 Å². The van der Waals surface area contributed by atoms with Crippen LogP contribution in [-0.4, -0.2) is 18.2 Å². The summed E-state index contributed by atoms with van der Waals surface area (Å²) in [6.45, 7) is 2.39. The SMILES string of the molecule is CCn1cc(S(=O)(=O)Nc2ccc(Cl)cc2I)c(N)n1. The van der Waals surface area contributed by atoms with E-state index in [1.54, 1.807) is 18.2 Å². The van der Waals surface area contributed by atoms with Crippen LogP contribution >= 0.6 is 34.2 Å². The maximum absolute atomic E-state index is 12.3. The van der Waals surface area contributed by atoms with E-state index in [1.807, 2.05) is 29.5 Å². The third-order valence-corrected chi connectivity index (χ3v) is 5.05. The Morgan fingerprint density at radius 3 is 2.75 bits per heavy atom. The van der Waals surface area contributed by atoms with Crippen molar-refractivity contribution in [2.24, 2.45) is 0 Å². The lowest BCUT2D eigenvalue weighted by Crippen LogP contribution is -2.14. The maximum Gasteiger partial charge on any atom is 0.267 e. The molecule has 20 heavy (non-hydrogen) atoms. The smallest absolute Gasteiger partial charge is 0.267 e. The van der Waals surface area contributed by atoms with Crippen LogP contribution in [0.5, 0.6) is 0 Å². The van der Waals surface area contributed by atoms with Crippen molar-refractivity contribution in [3.05, 3.63) is 33.0 Å². The van der Waals surface area contributed by atoms with Crippen molar-refractivity contribution in [2.45, 2.75) is 18.4 Å². The van der Waals surface area contributed by atoms with Crippen LogP contribution in [0.15, 0.2) is 29.3 Å². The second kappa shape index (κ2) is 5.78. The van der Waals surface area contributed by atoms with Crippen LogP contribution in [0.1, 0.15) is 6.92 Å². The highest BCUT2D eigenvalue weighted by molar-refractivity contribution is 14.1. The first kappa shape index (κ1) is 15.4. The molecule has 0 aliphatic carbocycles. The van der Waals surface area contributed by atoms with Crippen molar-refractivity contribution in [1.29, 1.82) is 0 Å². The number of aryl methyl sites for hydroxylation is 1. The number of benzene rings is 1. The molecule has 0 saturated carbocycles. The van der Waals surface area contributed by atoms with Gasteiger partial charge in [-0.25, -0.2) is 8.42 Å². The van der Waals surface area contributed by atoms with E-state index in [0.29, 0.717) is 20.8 Å². The van der Waals surface area contributed by atoms with Gasteiger partial charge in [-0.05, 0) is 47.7 Å².